The zero-order valence-corrected chi connectivity index (χ0v) is 13.4. The highest BCUT2D eigenvalue weighted by atomic mass is 19.1. The van der Waals surface area contributed by atoms with Gasteiger partial charge in [-0.3, -0.25) is 14.4 Å². The van der Waals surface area contributed by atoms with Gasteiger partial charge in [0.1, 0.15) is 5.82 Å². The number of carbonyl (C=O) groups is 3. The van der Waals surface area contributed by atoms with Crippen LogP contribution in [0.5, 0.6) is 0 Å². The van der Waals surface area contributed by atoms with Crippen LogP contribution in [0.25, 0.3) is 0 Å². The minimum Gasteiger partial charge on any atom is -0.456 e. The Bertz CT molecular complexity index is 612. The van der Waals surface area contributed by atoms with Gasteiger partial charge in [-0.25, -0.2) is 4.39 Å². The number of rotatable bonds is 6. The first kappa shape index (κ1) is 17.9. The lowest BCUT2D eigenvalue weighted by atomic mass is 9.96. The number of nitrogens with two attached hydrogens (primary N) is 1. The van der Waals surface area contributed by atoms with Crippen molar-refractivity contribution in [2.75, 3.05) is 19.7 Å². The van der Waals surface area contributed by atoms with Crippen molar-refractivity contribution in [3.8, 4) is 0 Å². The van der Waals surface area contributed by atoms with E-state index in [0.29, 0.717) is 31.5 Å². The van der Waals surface area contributed by atoms with E-state index in [9.17, 15) is 18.8 Å². The van der Waals surface area contributed by atoms with Crippen molar-refractivity contribution in [3.63, 3.8) is 0 Å². The molecule has 7 heteroatoms. The molecule has 130 valence electrons. The summed E-state index contributed by atoms with van der Waals surface area (Å²) in [5.41, 5.74) is 5.68. The Morgan fingerprint density at radius 2 is 1.88 bits per heavy atom. The Morgan fingerprint density at radius 1 is 1.21 bits per heavy atom. The summed E-state index contributed by atoms with van der Waals surface area (Å²) in [7, 11) is 0. The van der Waals surface area contributed by atoms with E-state index in [2.05, 4.69) is 0 Å². The van der Waals surface area contributed by atoms with Gasteiger partial charge in [0.15, 0.2) is 6.61 Å². The topological polar surface area (TPSA) is 89.7 Å². The van der Waals surface area contributed by atoms with Crippen LogP contribution in [0.1, 0.15) is 24.8 Å². The Kier molecular flexibility index (Phi) is 6.28. The van der Waals surface area contributed by atoms with Crippen LogP contribution >= 0.6 is 0 Å². The molecule has 0 radical (unpaired) electrons. The van der Waals surface area contributed by atoms with Crippen LogP contribution in [0.3, 0.4) is 0 Å². The number of hydrogen-bond donors (Lipinski definition) is 1. The van der Waals surface area contributed by atoms with Gasteiger partial charge in [-0.05, 0) is 30.9 Å². The standard InChI is InChI=1S/C17H21FN2O4/c18-14-4-2-1-3-12(14)5-6-16(22)24-11-15(21)20-9-7-13(8-10-20)17(19)23/h1-4,13H,5-11H2,(H2,19,23). The average Bonchev–Trinajstić information content (AvgIpc) is 2.59. The summed E-state index contributed by atoms with van der Waals surface area (Å²) < 4.78 is 18.4. The quantitative estimate of drug-likeness (QED) is 0.786. The van der Waals surface area contributed by atoms with Gasteiger partial charge in [-0.2, -0.15) is 0 Å². The van der Waals surface area contributed by atoms with Gasteiger partial charge < -0.3 is 15.4 Å². The molecule has 1 aliphatic rings. The number of halogens is 1. The lowest BCUT2D eigenvalue weighted by Gasteiger charge is -2.30. The first-order chi connectivity index (χ1) is 11.5. The first-order valence-electron chi connectivity index (χ1n) is 7.93. The fourth-order valence-electron chi connectivity index (χ4n) is 2.66. The van der Waals surface area contributed by atoms with Crippen molar-refractivity contribution in [1.29, 1.82) is 0 Å². The van der Waals surface area contributed by atoms with Crippen LogP contribution in [0.4, 0.5) is 4.39 Å². The van der Waals surface area contributed by atoms with Gasteiger partial charge in [-0.15, -0.1) is 0 Å². The Labute approximate surface area is 139 Å². The lowest BCUT2D eigenvalue weighted by molar-refractivity contribution is -0.152. The predicted octanol–water partition coefficient (Wildman–Crippen LogP) is 1.03. The number of amides is 2. The number of ether oxygens (including phenoxy) is 1. The maximum Gasteiger partial charge on any atom is 0.306 e. The van der Waals surface area contributed by atoms with E-state index in [4.69, 9.17) is 10.5 Å². The van der Waals surface area contributed by atoms with Crippen molar-refractivity contribution in [1.82, 2.24) is 4.90 Å². The second kappa shape index (κ2) is 8.42. The van der Waals surface area contributed by atoms with E-state index in [0.717, 1.165) is 0 Å². The summed E-state index contributed by atoms with van der Waals surface area (Å²) in [6, 6.07) is 6.22. The molecule has 2 amide bonds. The molecule has 0 aliphatic carbocycles. The van der Waals surface area contributed by atoms with Gasteiger partial charge in [0.2, 0.25) is 5.91 Å². The summed E-state index contributed by atoms with van der Waals surface area (Å²) in [5.74, 6) is -1.74. The molecule has 1 saturated heterocycles. The molecule has 1 aliphatic heterocycles. The number of benzene rings is 1. The van der Waals surface area contributed by atoms with E-state index in [-0.39, 0.29) is 43.0 Å². The first-order valence-corrected chi connectivity index (χ1v) is 7.93. The van der Waals surface area contributed by atoms with Gasteiger partial charge in [0, 0.05) is 25.4 Å². The zero-order chi connectivity index (χ0) is 17.5. The molecule has 0 atom stereocenters. The van der Waals surface area contributed by atoms with Crippen LogP contribution in [-0.2, 0) is 25.5 Å². The molecule has 0 spiro atoms. The van der Waals surface area contributed by atoms with Crippen LogP contribution in [0.15, 0.2) is 24.3 Å². The van der Waals surface area contributed by atoms with Crippen molar-refractivity contribution in [2.45, 2.75) is 25.7 Å². The summed E-state index contributed by atoms with van der Waals surface area (Å²) in [5, 5.41) is 0. The molecule has 6 nitrogen and oxygen atoms in total. The van der Waals surface area contributed by atoms with Gasteiger partial charge >= 0.3 is 5.97 Å². The summed E-state index contributed by atoms with van der Waals surface area (Å²) in [4.78, 5) is 36.3. The van der Waals surface area contributed by atoms with E-state index in [1.54, 1.807) is 23.1 Å². The molecule has 0 bridgehead atoms. The normalized spacial score (nSPS) is 15.1. The number of likely N-dealkylation sites (tertiary alicyclic amines) is 1. The summed E-state index contributed by atoms with van der Waals surface area (Å²) >= 11 is 0. The van der Waals surface area contributed by atoms with Gasteiger partial charge in [0.25, 0.3) is 5.91 Å². The number of aryl methyl sites for hydroxylation is 1. The lowest BCUT2D eigenvalue weighted by Crippen LogP contribution is -2.43. The van der Waals surface area contributed by atoms with E-state index >= 15 is 0 Å². The minimum absolute atomic E-state index is 0.0119. The summed E-state index contributed by atoms with van der Waals surface area (Å²) in [6.07, 6.45) is 1.30. The number of esters is 1. The highest BCUT2D eigenvalue weighted by Crippen LogP contribution is 2.16. The smallest absolute Gasteiger partial charge is 0.306 e. The van der Waals surface area contributed by atoms with E-state index in [1.807, 2.05) is 0 Å². The third-order valence-electron chi connectivity index (χ3n) is 4.16. The fraction of sp³-hybridized carbons (Fsp3) is 0.471. The fourth-order valence-corrected chi connectivity index (χ4v) is 2.66. The molecular formula is C17H21FN2O4. The third-order valence-corrected chi connectivity index (χ3v) is 4.16. The highest BCUT2D eigenvalue weighted by Gasteiger charge is 2.26. The van der Waals surface area contributed by atoms with E-state index < -0.39 is 5.97 Å². The molecule has 1 aromatic rings. The van der Waals surface area contributed by atoms with Crippen molar-refractivity contribution in [3.05, 3.63) is 35.6 Å². The molecule has 1 heterocycles. The number of hydrogen-bond acceptors (Lipinski definition) is 4. The summed E-state index contributed by atoms with van der Waals surface area (Å²) in [6.45, 7) is 0.524. The second-order valence-electron chi connectivity index (χ2n) is 5.81. The number of primary amides is 1. The van der Waals surface area contributed by atoms with E-state index in [1.165, 1.54) is 6.07 Å². The average molecular weight is 336 g/mol. The molecule has 2 rings (SSSR count). The van der Waals surface area contributed by atoms with Crippen molar-refractivity contribution < 1.29 is 23.5 Å². The number of piperidine rings is 1. The SMILES string of the molecule is NC(=O)C1CCN(C(=O)COC(=O)CCc2ccccc2F)CC1. The molecule has 24 heavy (non-hydrogen) atoms. The van der Waals surface area contributed by atoms with Crippen molar-refractivity contribution >= 4 is 17.8 Å². The number of nitrogens with zero attached hydrogens (tertiary/aromatic N) is 1. The van der Waals surface area contributed by atoms with Crippen LogP contribution < -0.4 is 5.73 Å². The molecule has 0 saturated carbocycles. The third kappa shape index (κ3) is 5.04. The van der Waals surface area contributed by atoms with Crippen LogP contribution in [0.2, 0.25) is 0 Å². The Balaban J connectivity index is 1.69. The highest BCUT2D eigenvalue weighted by molar-refractivity contribution is 5.81. The molecule has 2 N–H and O–H groups in total. The Morgan fingerprint density at radius 3 is 2.50 bits per heavy atom. The van der Waals surface area contributed by atoms with Gasteiger partial charge in [0.05, 0.1) is 0 Å². The van der Waals surface area contributed by atoms with Crippen LogP contribution in [-0.4, -0.2) is 42.4 Å². The van der Waals surface area contributed by atoms with Crippen LogP contribution in [0, 0.1) is 11.7 Å². The molecule has 0 aromatic heterocycles. The molecule has 1 aromatic carbocycles. The molecule has 1 fully saturated rings. The van der Waals surface area contributed by atoms with Gasteiger partial charge in [-0.1, -0.05) is 18.2 Å². The molecular weight excluding hydrogens is 315 g/mol. The molecule has 0 unspecified atom stereocenters. The number of carbonyl (C=O) groups excluding carboxylic acids is 3. The minimum atomic E-state index is -0.543. The Hall–Kier alpha value is -2.44. The monoisotopic (exact) mass is 336 g/mol. The van der Waals surface area contributed by atoms with Crippen molar-refractivity contribution in [2.24, 2.45) is 11.7 Å². The maximum absolute atomic E-state index is 13.4. The zero-order valence-electron chi connectivity index (χ0n) is 13.4. The predicted molar refractivity (Wildman–Crippen MR) is 84.2 cm³/mol. The largest absolute Gasteiger partial charge is 0.456 e. The maximum atomic E-state index is 13.4. The second-order valence-corrected chi connectivity index (χ2v) is 5.81.